The monoisotopic (exact) mass is 435 g/mol. The highest BCUT2D eigenvalue weighted by molar-refractivity contribution is 5.91. The number of carbonyl (C=O) groups excluding carboxylic acids is 1. The first-order valence-corrected chi connectivity index (χ1v) is 10.8. The Hall–Kier alpha value is -3.39. The van der Waals surface area contributed by atoms with Crippen LogP contribution in [0, 0.1) is 6.92 Å². The standard InChI is InChI=1S/C24H29N5O3/c1-17-7-8-21-20(15-17)22(27-24(26-21)29-12-10-28(2)11-13-29)25-9-14-32-19-6-4-5-18(16-19)23(30)31-3/h4-8,15-16H,9-14H2,1-3H3,(H,25,26,27). The molecule has 1 saturated heterocycles. The number of nitrogens with zero attached hydrogens (tertiary/aromatic N) is 4. The number of benzene rings is 2. The van der Waals surface area contributed by atoms with E-state index < -0.39 is 0 Å². The summed E-state index contributed by atoms with van der Waals surface area (Å²) in [6.45, 7) is 6.86. The SMILES string of the molecule is COC(=O)c1cccc(OCCNc2nc(N3CCN(C)CC3)nc3ccc(C)cc23)c1. The molecule has 8 nitrogen and oxygen atoms in total. The largest absolute Gasteiger partial charge is 0.492 e. The lowest BCUT2D eigenvalue weighted by atomic mass is 10.1. The average Bonchev–Trinajstić information content (AvgIpc) is 2.82. The maximum atomic E-state index is 11.7. The Labute approximate surface area is 188 Å². The van der Waals surface area contributed by atoms with Crippen LogP contribution in [0.15, 0.2) is 42.5 Å². The van der Waals surface area contributed by atoms with Gasteiger partial charge in [0.25, 0.3) is 0 Å². The van der Waals surface area contributed by atoms with Crippen molar-refractivity contribution < 1.29 is 14.3 Å². The number of ether oxygens (including phenoxy) is 2. The predicted molar refractivity (Wildman–Crippen MR) is 126 cm³/mol. The molecule has 1 aliphatic heterocycles. The van der Waals surface area contributed by atoms with Gasteiger partial charge >= 0.3 is 5.97 Å². The summed E-state index contributed by atoms with van der Waals surface area (Å²) in [5, 5.41) is 4.41. The van der Waals surface area contributed by atoms with Gasteiger partial charge in [0.2, 0.25) is 5.95 Å². The Morgan fingerprint density at radius 1 is 1.09 bits per heavy atom. The van der Waals surface area contributed by atoms with Gasteiger partial charge in [-0.25, -0.2) is 9.78 Å². The second kappa shape index (κ2) is 9.82. The molecule has 3 aromatic rings. The minimum atomic E-state index is -0.382. The van der Waals surface area contributed by atoms with Gasteiger partial charge in [-0.3, -0.25) is 0 Å². The number of esters is 1. The molecule has 0 amide bonds. The lowest BCUT2D eigenvalue weighted by Gasteiger charge is -2.32. The highest BCUT2D eigenvalue weighted by Crippen LogP contribution is 2.25. The Morgan fingerprint density at radius 2 is 1.91 bits per heavy atom. The first-order valence-electron chi connectivity index (χ1n) is 10.8. The van der Waals surface area contributed by atoms with E-state index >= 15 is 0 Å². The zero-order valence-electron chi connectivity index (χ0n) is 18.8. The van der Waals surface area contributed by atoms with Crippen LogP contribution in [0.1, 0.15) is 15.9 Å². The first kappa shape index (κ1) is 21.8. The molecule has 0 aliphatic carbocycles. The summed E-state index contributed by atoms with van der Waals surface area (Å²) in [4.78, 5) is 25.9. The molecule has 0 spiro atoms. The molecular formula is C24H29N5O3. The minimum Gasteiger partial charge on any atom is -0.492 e. The summed E-state index contributed by atoms with van der Waals surface area (Å²) in [5.74, 6) is 1.80. The fourth-order valence-electron chi connectivity index (χ4n) is 3.68. The van der Waals surface area contributed by atoms with E-state index in [0.29, 0.717) is 24.5 Å². The maximum Gasteiger partial charge on any atom is 0.337 e. The van der Waals surface area contributed by atoms with E-state index in [0.717, 1.165) is 54.4 Å². The number of piperazine rings is 1. The number of likely N-dealkylation sites (N-methyl/N-ethyl adjacent to an activating group) is 1. The molecule has 4 rings (SSSR count). The van der Waals surface area contributed by atoms with Gasteiger partial charge in [0.05, 0.1) is 24.7 Å². The van der Waals surface area contributed by atoms with Crippen molar-refractivity contribution >= 4 is 28.6 Å². The molecule has 168 valence electrons. The van der Waals surface area contributed by atoms with Gasteiger partial charge in [0, 0.05) is 31.6 Å². The van der Waals surface area contributed by atoms with Crippen molar-refractivity contribution in [3.63, 3.8) is 0 Å². The van der Waals surface area contributed by atoms with E-state index in [9.17, 15) is 4.79 Å². The second-order valence-electron chi connectivity index (χ2n) is 7.98. The fourth-order valence-corrected chi connectivity index (χ4v) is 3.68. The molecule has 0 atom stereocenters. The van der Waals surface area contributed by atoms with Gasteiger partial charge in [-0.15, -0.1) is 0 Å². The van der Waals surface area contributed by atoms with Crippen molar-refractivity contribution in [3.05, 3.63) is 53.6 Å². The van der Waals surface area contributed by atoms with Crippen LogP contribution in [0.5, 0.6) is 5.75 Å². The number of nitrogens with one attached hydrogen (secondary N) is 1. The lowest BCUT2D eigenvalue weighted by Crippen LogP contribution is -2.45. The third-order valence-corrected chi connectivity index (χ3v) is 5.54. The van der Waals surface area contributed by atoms with E-state index in [-0.39, 0.29) is 5.97 Å². The number of rotatable bonds is 7. The molecule has 0 unspecified atom stereocenters. The van der Waals surface area contributed by atoms with Crippen LogP contribution in [0.2, 0.25) is 0 Å². The lowest BCUT2D eigenvalue weighted by molar-refractivity contribution is 0.0600. The Bertz CT molecular complexity index is 1100. The fraction of sp³-hybridized carbons (Fsp3) is 0.375. The quantitative estimate of drug-likeness (QED) is 0.448. The summed E-state index contributed by atoms with van der Waals surface area (Å²) in [6, 6.07) is 13.2. The molecular weight excluding hydrogens is 406 g/mol. The summed E-state index contributed by atoms with van der Waals surface area (Å²) < 4.78 is 10.6. The average molecular weight is 436 g/mol. The number of anilines is 2. The molecule has 2 aromatic carbocycles. The molecule has 32 heavy (non-hydrogen) atoms. The first-order chi connectivity index (χ1) is 15.5. The van der Waals surface area contributed by atoms with Crippen LogP contribution in [0.25, 0.3) is 10.9 Å². The van der Waals surface area contributed by atoms with Crippen molar-refractivity contribution in [1.29, 1.82) is 0 Å². The number of fused-ring (bicyclic) bond motifs is 1. The number of hydrogen-bond acceptors (Lipinski definition) is 8. The summed E-state index contributed by atoms with van der Waals surface area (Å²) in [5.41, 5.74) is 2.55. The summed E-state index contributed by atoms with van der Waals surface area (Å²) >= 11 is 0. The summed E-state index contributed by atoms with van der Waals surface area (Å²) in [7, 11) is 3.50. The molecule has 1 N–H and O–H groups in total. The zero-order valence-corrected chi connectivity index (χ0v) is 18.8. The van der Waals surface area contributed by atoms with Crippen LogP contribution in [-0.4, -0.2) is 74.3 Å². The highest BCUT2D eigenvalue weighted by Gasteiger charge is 2.18. The number of hydrogen-bond donors (Lipinski definition) is 1. The van der Waals surface area contributed by atoms with Crippen LogP contribution in [-0.2, 0) is 4.74 Å². The minimum absolute atomic E-state index is 0.382. The smallest absolute Gasteiger partial charge is 0.337 e. The molecule has 0 bridgehead atoms. The molecule has 1 aliphatic rings. The second-order valence-corrected chi connectivity index (χ2v) is 7.98. The normalized spacial score (nSPS) is 14.4. The van der Waals surface area contributed by atoms with E-state index in [1.165, 1.54) is 7.11 Å². The van der Waals surface area contributed by atoms with Crippen molar-refractivity contribution in [3.8, 4) is 5.75 Å². The topological polar surface area (TPSA) is 79.8 Å². The Kier molecular flexibility index (Phi) is 6.70. The van der Waals surface area contributed by atoms with E-state index in [2.05, 4.69) is 41.2 Å². The summed E-state index contributed by atoms with van der Waals surface area (Å²) in [6.07, 6.45) is 0. The predicted octanol–water partition coefficient (Wildman–Crippen LogP) is 2.97. The highest BCUT2D eigenvalue weighted by atomic mass is 16.5. The van der Waals surface area contributed by atoms with Crippen molar-refractivity contribution in [2.24, 2.45) is 0 Å². The van der Waals surface area contributed by atoms with Gasteiger partial charge in [0.15, 0.2) is 0 Å². The maximum absolute atomic E-state index is 11.7. The molecule has 1 aromatic heterocycles. The van der Waals surface area contributed by atoms with Crippen LogP contribution in [0.4, 0.5) is 11.8 Å². The van der Waals surface area contributed by atoms with Crippen molar-refractivity contribution in [1.82, 2.24) is 14.9 Å². The molecule has 0 saturated carbocycles. The Balaban J connectivity index is 1.47. The van der Waals surface area contributed by atoms with Gasteiger partial charge in [-0.1, -0.05) is 17.7 Å². The number of aromatic nitrogens is 2. The molecule has 1 fully saturated rings. The number of methoxy groups -OCH3 is 1. The van der Waals surface area contributed by atoms with E-state index in [4.69, 9.17) is 19.4 Å². The van der Waals surface area contributed by atoms with E-state index in [1.807, 2.05) is 12.1 Å². The van der Waals surface area contributed by atoms with Crippen LogP contribution < -0.4 is 15.0 Å². The number of carbonyl (C=O) groups is 1. The van der Waals surface area contributed by atoms with Crippen LogP contribution in [0.3, 0.4) is 0 Å². The van der Waals surface area contributed by atoms with Crippen molar-refractivity contribution in [2.45, 2.75) is 6.92 Å². The Morgan fingerprint density at radius 3 is 2.69 bits per heavy atom. The number of aryl methyl sites for hydroxylation is 1. The van der Waals surface area contributed by atoms with Gasteiger partial charge in [-0.05, 0) is 44.3 Å². The zero-order chi connectivity index (χ0) is 22.5. The third kappa shape index (κ3) is 5.08. The molecule has 8 heteroatoms. The molecule has 2 heterocycles. The van der Waals surface area contributed by atoms with Gasteiger partial charge in [-0.2, -0.15) is 4.98 Å². The third-order valence-electron chi connectivity index (χ3n) is 5.54. The van der Waals surface area contributed by atoms with Crippen molar-refractivity contribution in [2.75, 3.05) is 63.7 Å². The molecule has 0 radical (unpaired) electrons. The van der Waals surface area contributed by atoms with Gasteiger partial charge < -0.3 is 24.6 Å². The van der Waals surface area contributed by atoms with Crippen LogP contribution >= 0.6 is 0 Å². The van der Waals surface area contributed by atoms with Gasteiger partial charge in [0.1, 0.15) is 18.2 Å². The van der Waals surface area contributed by atoms with E-state index in [1.54, 1.807) is 18.2 Å².